The average molecular weight is 240 g/mol. The zero-order chi connectivity index (χ0) is 12.7. The predicted octanol–water partition coefficient (Wildman–Crippen LogP) is 2.27. The van der Waals surface area contributed by atoms with Gasteiger partial charge in [-0.3, -0.25) is 0 Å². The molecule has 0 bridgehead atoms. The van der Waals surface area contributed by atoms with Gasteiger partial charge in [0.15, 0.2) is 0 Å². The molecule has 1 spiro atoms. The molecule has 2 rings (SSSR count). The quantitative estimate of drug-likeness (QED) is 0.706. The molecule has 1 atom stereocenters. The van der Waals surface area contributed by atoms with Gasteiger partial charge in [0.2, 0.25) is 0 Å². The first-order chi connectivity index (χ1) is 7.85. The first-order valence-corrected chi connectivity index (χ1v) is 6.61. The Morgan fingerprint density at radius 1 is 1.35 bits per heavy atom. The van der Waals surface area contributed by atoms with Gasteiger partial charge in [-0.2, -0.15) is 0 Å². The minimum atomic E-state index is -0.427. The molecular formula is C13H24N2O2. The van der Waals surface area contributed by atoms with E-state index in [9.17, 15) is 4.79 Å². The van der Waals surface area contributed by atoms with Crippen molar-refractivity contribution < 1.29 is 9.53 Å². The Balaban J connectivity index is 2.12. The van der Waals surface area contributed by atoms with Crippen molar-refractivity contribution in [3.63, 3.8) is 0 Å². The maximum absolute atomic E-state index is 12.2. The van der Waals surface area contributed by atoms with Crippen LogP contribution in [0.5, 0.6) is 0 Å². The molecule has 4 nitrogen and oxygen atoms in total. The third-order valence-electron chi connectivity index (χ3n) is 3.97. The lowest BCUT2D eigenvalue weighted by atomic mass is 9.90. The molecule has 0 aromatic carbocycles. The fourth-order valence-corrected chi connectivity index (χ4v) is 3.18. The summed E-state index contributed by atoms with van der Waals surface area (Å²) in [6, 6.07) is 0.123. The normalized spacial score (nSPS) is 27.8. The van der Waals surface area contributed by atoms with Crippen molar-refractivity contribution in [3.8, 4) is 0 Å². The van der Waals surface area contributed by atoms with Crippen molar-refractivity contribution >= 4 is 6.09 Å². The van der Waals surface area contributed by atoms with Crippen LogP contribution in [0.3, 0.4) is 0 Å². The van der Waals surface area contributed by atoms with Crippen molar-refractivity contribution in [1.29, 1.82) is 0 Å². The third-order valence-corrected chi connectivity index (χ3v) is 3.97. The molecule has 98 valence electrons. The van der Waals surface area contributed by atoms with Gasteiger partial charge in [-0.1, -0.05) is 12.8 Å². The molecule has 1 heterocycles. The summed E-state index contributed by atoms with van der Waals surface area (Å²) in [7, 11) is 0. The molecule has 1 saturated carbocycles. The number of nitrogens with zero attached hydrogens (tertiary/aromatic N) is 1. The first-order valence-electron chi connectivity index (χ1n) is 6.61. The minimum Gasteiger partial charge on any atom is -0.444 e. The second kappa shape index (κ2) is 4.16. The fourth-order valence-electron chi connectivity index (χ4n) is 3.18. The van der Waals surface area contributed by atoms with Gasteiger partial charge in [-0.25, -0.2) is 4.79 Å². The monoisotopic (exact) mass is 240 g/mol. The summed E-state index contributed by atoms with van der Waals surface area (Å²) in [6.45, 7) is 6.46. The lowest BCUT2D eigenvalue weighted by Gasteiger charge is -2.38. The topological polar surface area (TPSA) is 55.6 Å². The molecule has 2 aliphatic rings. The Morgan fingerprint density at radius 3 is 2.47 bits per heavy atom. The van der Waals surface area contributed by atoms with Crippen molar-refractivity contribution in [1.82, 2.24) is 4.90 Å². The molecular weight excluding hydrogens is 216 g/mol. The molecule has 0 unspecified atom stereocenters. The molecule has 0 aromatic rings. The second-order valence-corrected chi connectivity index (χ2v) is 6.34. The lowest BCUT2D eigenvalue weighted by molar-refractivity contribution is 0.00702. The van der Waals surface area contributed by atoms with E-state index in [2.05, 4.69) is 0 Å². The second-order valence-electron chi connectivity index (χ2n) is 6.34. The SMILES string of the molecule is CC(C)(C)OC(=O)N1CC[C@@H](N)C12CCCC2. The number of rotatable bonds is 0. The Labute approximate surface area is 103 Å². The largest absolute Gasteiger partial charge is 0.444 e. The highest BCUT2D eigenvalue weighted by Crippen LogP contribution is 2.42. The molecule has 17 heavy (non-hydrogen) atoms. The highest BCUT2D eigenvalue weighted by molar-refractivity contribution is 5.70. The van der Waals surface area contributed by atoms with Gasteiger partial charge in [-0.05, 0) is 40.0 Å². The molecule has 1 amide bonds. The standard InChI is InChI=1S/C13H24N2O2/c1-12(2,3)17-11(16)15-9-6-10(14)13(15)7-4-5-8-13/h10H,4-9,14H2,1-3H3/t10-/m1/s1. The summed E-state index contributed by atoms with van der Waals surface area (Å²) < 4.78 is 5.49. The Kier molecular flexibility index (Phi) is 3.10. The van der Waals surface area contributed by atoms with Gasteiger partial charge < -0.3 is 15.4 Å². The van der Waals surface area contributed by atoms with Crippen LogP contribution in [0.1, 0.15) is 52.9 Å². The van der Waals surface area contributed by atoms with E-state index in [4.69, 9.17) is 10.5 Å². The summed E-state index contributed by atoms with van der Waals surface area (Å²) >= 11 is 0. The van der Waals surface area contributed by atoms with Crippen molar-refractivity contribution in [2.45, 2.75) is 70.1 Å². The molecule has 4 heteroatoms. The van der Waals surface area contributed by atoms with Crippen LogP contribution >= 0.6 is 0 Å². The number of nitrogens with two attached hydrogens (primary N) is 1. The number of likely N-dealkylation sites (tertiary alicyclic amines) is 1. The van der Waals surface area contributed by atoms with Gasteiger partial charge in [-0.15, -0.1) is 0 Å². The predicted molar refractivity (Wildman–Crippen MR) is 66.7 cm³/mol. The van der Waals surface area contributed by atoms with Crippen LogP contribution in [0.15, 0.2) is 0 Å². The molecule has 0 radical (unpaired) electrons. The Morgan fingerprint density at radius 2 is 1.94 bits per heavy atom. The first kappa shape index (κ1) is 12.7. The molecule has 1 aliphatic carbocycles. The molecule has 0 aromatic heterocycles. The molecule has 2 N–H and O–H groups in total. The van der Waals surface area contributed by atoms with E-state index >= 15 is 0 Å². The average Bonchev–Trinajstić information content (AvgIpc) is 2.75. The van der Waals surface area contributed by atoms with E-state index in [0.717, 1.165) is 25.8 Å². The Bertz CT molecular complexity index is 303. The molecule has 1 aliphatic heterocycles. The number of amides is 1. The van der Waals surface area contributed by atoms with Crippen LogP contribution in [0.2, 0.25) is 0 Å². The van der Waals surface area contributed by atoms with E-state index in [1.807, 2.05) is 25.7 Å². The highest BCUT2D eigenvalue weighted by Gasteiger charge is 2.51. The number of hydrogen-bond donors (Lipinski definition) is 1. The van der Waals surface area contributed by atoms with Gasteiger partial charge in [0.1, 0.15) is 5.60 Å². The summed E-state index contributed by atoms with van der Waals surface area (Å²) in [5.41, 5.74) is 5.68. The summed E-state index contributed by atoms with van der Waals surface area (Å²) in [4.78, 5) is 14.1. The molecule has 1 saturated heterocycles. The highest BCUT2D eigenvalue weighted by atomic mass is 16.6. The van der Waals surface area contributed by atoms with Crippen LogP contribution in [0.4, 0.5) is 4.79 Å². The van der Waals surface area contributed by atoms with Gasteiger partial charge in [0, 0.05) is 12.6 Å². The molecule has 2 fully saturated rings. The zero-order valence-electron chi connectivity index (χ0n) is 11.2. The number of ether oxygens (including phenoxy) is 1. The van der Waals surface area contributed by atoms with E-state index in [-0.39, 0.29) is 17.7 Å². The van der Waals surface area contributed by atoms with Crippen LogP contribution in [0, 0.1) is 0 Å². The third kappa shape index (κ3) is 2.28. The van der Waals surface area contributed by atoms with Gasteiger partial charge in [0.05, 0.1) is 5.54 Å². The van der Waals surface area contributed by atoms with Gasteiger partial charge >= 0.3 is 6.09 Å². The van der Waals surface area contributed by atoms with Crippen molar-refractivity contribution in [3.05, 3.63) is 0 Å². The smallest absolute Gasteiger partial charge is 0.410 e. The lowest BCUT2D eigenvalue weighted by Crippen LogP contribution is -2.54. The minimum absolute atomic E-state index is 0.109. The number of hydrogen-bond acceptors (Lipinski definition) is 3. The fraction of sp³-hybridized carbons (Fsp3) is 0.923. The van der Waals surface area contributed by atoms with E-state index in [0.29, 0.717) is 0 Å². The van der Waals surface area contributed by atoms with Crippen LogP contribution in [0.25, 0.3) is 0 Å². The number of carbonyl (C=O) groups is 1. The van der Waals surface area contributed by atoms with Crippen molar-refractivity contribution in [2.75, 3.05) is 6.54 Å². The van der Waals surface area contributed by atoms with Crippen LogP contribution < -0.4 is 5.73 Å². The van der Waals surface area contributed by atoms with Crippen molar-refractivity contribution in [2.24, 2.45) is 5.73 Å². The van der Waals surface area contributed by atoms with Crippen LogP contribution in [-0.2, 0) is 4.74 Å². The zero-order valence-corrected chi connectivity index (χ0v) is 11.2. The summed E-state index contributed by atoms with van der Waals surface area (Å²) in [5.74, 6) is 0. The Hall–Kier alpha value is -0.770. The summed E-state index contributed by atoms with van der Waals surface area (Å²) in [6.07, 6.45) is 5.13. The summed E-state index contributed by atoms with van der Waals surface area (Å²) in [5, 5.41) is 0. The van der Waals surface area contributed by atoms with E-state index in [1.54, 1.807) is 0 Å². The van der Waals surface area contributed by atoms with Crippen LogP contribution in [-0.4, -0.2) is 34.7 Å². The maximum atomic E-state index is 12.2. The maximum Gasteiger partial charge on any atom is 0.410 e. The van der Waals surface area contributed by atoms with Gasteiger partial charge in [0.25, 0.3) is 0 Å². The number of carbonyl (C=O) groups excluding carboxylic acids is 1. The van der Waals surface area contributed by atoms with E-state index in [1.165, 1.54) is 12.8 Å². The van der Waals surface area contributed by atoms with E-state index < -0.39 is 5.60 Å².